The number of hydrogen-bond acceptors (Lipinski definition) is 10. The van der Waals surface area contributed by atoms with Gasteiger partial charge in [0.25, 0.3) is 10.0 Å². The van der Waals surface area contributed by atoms with Crippen LogP contribution in [0.4, 0.5) is 0 Å². The van der Waals surface area contributed by atoms with Crippen LogP contribution in [-0.2, 0) is 40.1 Å². The highest BCUT2D eigenvalue weighted by Gasteiger charge is 2.45. The maximum absolute atomic E-state index is 13.7. The quantitative estimate of drug-likeness (QED) is 0.0908. The molecule has 0 saturated carbocycles. The summed E-state index contributed by atoms with van der Waals surface area (Å²) in [4.78, 5) is 39.9. The zero-order chi connectivity index (χ0) is 38.2. The number of para-hydroxylation sites is 1. The second-order valence-corrected chi connectivity index (χ2v) is 14.6. The summed E-state index contributed by atoms with van der Waals surface area (Å²) in [7, 11) is -3.92. The Morgan fingerprint density at radius 2 is 1.18 bits per heavy atom. The van der Waals surface area contributed by atoms with Gasteiger partial charge in [0.2, 0.25) is 0 Å². The monoisotopic (exact) mass is 759 g/mol. The van der Waals surface area contributed by atoms with Crippen LogP contribution in [-0.4, -0.2) is 68.1 Å². The standard InChI is InChI=1S/C43H37NO10S/c45-40(30-15-5-1-6-16-30)51-29-34-27-38(53-41(46)31-17-7-2-8-18-31)39(54-42(47)32-19-9-3-10-20-32)43(52-34)50-26-25-33-28-44(37-24-14-13-23-36(33)37)55(48,49)35-21-11-4-12-22-35/h1-24,28,34,38-39,43H,25-27,29H2/t34-,38-,39+,43+/m0/s1. The van der Waals surface area contributed by atoms with Gasteiger partial charge in [0.05, 0.1) is 39.8 Å². The number of nitrogens with zero attached hydrogens (tertiary/aromatic N) is 1. The molecule has 4 atom stereocenters. The van der Waals surface area contributed by atoms with E-state index in [1.807, 2.05) is 12.1 Å². The van der Waals surface area contributed by atoms with E-state index in [4.69, 9.17) is 23.7 Å². The molecule has 0 bridgehead atoms. The van der Waals surface area contributed by atoms with Gasteiger partial charge in [0, 0.05) is 18.0 Å². The number of carbonyl (C=O) groups excluding carboxylic acids is 3. The summed E-state index contributed by atoms with van der Waals surface area (Å²) in [5.74, 6) is -1.91. The number of fused-ring (bicyclic) bond motifs is 1. The van der Waals surface area contributed by atoms with E-state index < -0.39 is 52.5 Å². The van der Waals surface area contributed by atoms with E-state index in [-0.39, 0.29) is 42.1 Å². The molecule has 0 unspecified atom stereocenters. The van der Waals surface area contributed by atoms with Crippen LogP contribution in [0.2, 0.25) is 0 Å². The lowest BCUT2D eigenvalue weighted by molar-refractivity contribution is -0.269. The summed E-state index contributed by atoms with van der Waals surface area (Å²) < 4.78 is 58.9. The van der Waals surface area contributed by atoms with Gasteiger partial charge < -0.3 is 23.7 Å². The van der Waals surface area contributed by atoms with Crippen LogP contribution in [0.1, 0.15) is 43.1 Å². The van der Waals surface area contributed by atoms with E-state index in [9.17, 15) is 22.8 Å². The smallest absolute Gasteiger partial charge is 0.338 e. The van der Waals surface area contributed by atoms with Gasteiger partial charge in [-0.25, -0.2) is 26.8 Å². The number of carbonyl (C=O) groups is 3. The van der Waals surface area contributed by atoms with Gasteiger partial charge in [-0.15, -0.1) is 0 Å². The minimum atomic E-state index is -3.92. The van der Waals surface area contributed by atoms with Crippen LogP contribution in [0.3, 0.4) is 0 Å². The largest absolute Gasteiger partial charge is 0.459 e. The molecule has 1 aromatic heterocycles. The first-order chi connectivity index (χ1) is 26.8. The Balaban J connectivity index is 1.16. The predicted octanol–water partition coefficient (Wildman–Crippen LogP) is 6.86. The highest BCUT2D eigenvalue weighted by atomic mass is 32.2. The third-order valence-corrected chi connectivity index (χ3v) is 10.8. The third-order valence-electron chi connectivity index (χ3n) is 9.10. The molecule has 2 heterocycles. The molecule has 0 amide bonds. The van der Waals surface area contributed by atoms with Gasteiger partial charge in [-0.05, 0) is 66.6 Å². The summed E-state index contributed by atoms with van der Waals surface area (Å²) >= 11 is 0. The van der Waals surface area contributed by atoms with Crippen molar-refractivity contribution in [3.8, 4) is 0 Å². The van der Waals surface area contributed by atoms with Crippen molar-refractivity contribution in [1.29, 1.82) is 0 Å². The molecule has 1 aliphatic heterocycles. The summed E-state index contributed by atoms with van der Waals surface area (Å²) in [6, 6.07) is 40.5. The number of aromatic nitrogens is 1. The number of ether oxygens (including phenoxy) is 5. The van der Waals surface area contributed by atoms with Crippen molar-refractivity contribution in [2.24, 2.45) is 0 Å². The van der Waals surface area contributed by atoms with Crippen LogP contribution >= 0.6 is 0 Å². The van der Waals surface area contributed by atoms with Crippen molar-refractivity contribution in [2.75, 3.05) is 13.2 Å². The minimum Gasteiger partial charge on any atom is -0.459 e. The summed E-state index contributed by atoms with van der Waals surface area (Å²) in [6.45, 7) is -0.226. The fraction of sp³-hybridized carbons (Fsp3) is 0.186. The maximum Gasteiger partial charge on any atom is 0.338 e. The Morgan fingerprint density at radius 3 is 1.80 bits per heavy atom. The summed E-state index contributed by atoms with van der Waals surface area (Å²) in [6.07, 6.45) is -2.59. The minimum absolute atomic E-state index is 0.0120. The molecule has 1 fully saturated rings. The Morgan fingerprint density at radius 1 is 0.655 bits per heavy atom. The lowest BCUT2D eigenvalue weighted by Gasteiger charge is -2.40. The third kappa shape index (κ3) is 8.68. The zero-order valence-corrected chi connectivity index (χ0v) is 30.3. The molecular formula is C43H37NO10S. The molecule has 1 saturated heterocycles. The van der Waals surface area contributed by atoms with Crippen LogP contribution < -0.4 is 0 Å². The van der Waals surface area contributed by atoms with Crippen molar-refractivity contribution in [2.45, 2.75) is 42.3 Å². The van der Waals surface area contributed by atoms with E-state index in [2.05, 4.69) is 0 Å². The highest BCUT2D eigenvalue weighted by Crippen LogP contribution is 2.30. The normalized spacial score (nSPS) is 18.3. The van der Waals surface area contributed by atoms with Crippen molar-refractivity contribution in [3.63, 3.8) is 0 Å². The first-order valence-electron chi connectivity index (χ1n) is 17.7. The Hall–Kier alpha value is -6.08. The number of esters is 3. The molecule has 7 rings (SSSR count). The number of benzene rings is 5. The molecule has 0 spiro atoms. The van der Waals surface area contributed by atoms with Gasteiger partial charge in [-0.2, -0.15) is 0 Å². The first-order valence-corrected chi connectivity index (χ1v) is 19.1. The SMILES string of the molecule is O=C(OC[C@@H]1C[C@H](OC(=O)c2ccccc2)[C@@H](OC(=O)c2ccccc2)[C@H](OCCc2cn(S(=O)(=O)c3ccccc3)c3ccccc23)O1)c1ccccc1. The van der Waals surface area contributed by atoms with Crippen molar-refractivity contribution >= 4 is 38.8 Å². The van der Waals surface area contributed by atoms with E-state index in [0.717, 1.165) is 0 Å². The average Bonchev–Trinajstić information content (AvgIpc) is 3.61. The molecule has 12 heteroatoms. The van der Waals surface area contributed by atoms with Crippen molar-refractivity contribution in [3.05, 3.63) is 174 Å². The second-order valence-electron chi connectivity index (χ2n) is 12.8. The van der Waals surface area contributed by atoms with Crippen molar-refractivity contribution in [1.82, 2.24) is 3.97 Å². The molecule has 1 aliphatic rings. The van der Waals surface area contributed by atoms with Gasteiger partial charge in [-0.3, -0.25) is 0 Å². The van der Waals surface area contributed by atoms with Gasteiger partial charge >= 0.3 is 17.9 Å². The van der Waals surface area contributed by atoms with Gasteiger partial charge in [-0.1, -0.05) is 91.0 Å². The van der Waals surface area contributed by atoms with Gasteiger partial charge in [0.1, 0.15) is 12.7 Å². The number of hydrogen-bond donors (Lipinski definition) is 0. The molecule has 6 aromatic rings. The Kier molecular flexibility index (Phi) is 11.5. The fourth-order valence-electron chi connectivity index (χ4n) is 6.36. The molecule has 0 radical (unpaired) electrons. The molecular weight excluding hydrogens is 723 g/mol. The van der Waals surface area contributed by atoms with Crippen LogP contribution in [0, 0.1) is 0 Å². The van der Waals surface area contributed by atoms with E-state index in [1.165, 1.54) is 3.97 Å². The van der Waals surface area contributed by atoms with Crippen LogP contribution in [0.15, 0.2) is 157 Å². The zero-order valence-electron chi connectivity index (χ0n) is 29.5. The molecule has 280 valence electrons. The molecule has 0 N–H and O–H groups in total. The van der Waals surface area contributed by atoms with Crippen LogP contribution in [0.25, 0.3) is 10.9 Å². The van der Waals surface area contributed by atoms with Crippen LogP contribution in [0.5, 0.6) is 0 Å². The lowest BCUT2D eigenvalue weighted by atomic mass is 10.0. The molecule has 11 nitrogen and oxygen atoms in total. The fourth-order valence-corrected chi connectivity index (χ4v) is 7.77. The summed E-state index contributed by atoms with van der Waals surface area (Å²) in [5, 5.41) is 0.711. The lowest BCUT2D eigenvalue weighted by Crippen LogP contribution is -2.54. The predicted molar refractivity (Wildman–Crippen MR) is 202 cm³/mol. The second kappa shape index (κ2) is 16.9. The number of rotatable bonds is 13. The van der Waals surface area contributed by atoms with Crippen molar-refractivity contribution < 1.29 is 46.5 Å². The first kappa shape index (κ1) is 37.2. The Labute approximate surface area is 318 Å². The van der Waals surface area contributed by atoms with E-state index in [0.29, 0.717) is 22.0 Å². The van der Waals surface area contributed by atoms with Gasteiger partial charge in [0.15, 0.2) is 12.4 Å². The maximum atomic E-state index is 13.7. The highest BCUT2D eigenvalue weighted by molar-refractivity contribution is 7.90. The molecule has 55 heavy (non-hydrogen) atoms. The summed E-state index contributed by atoms with van der Waals surface area (Å²) in [5.41, 5.74) is 2.08. The Bertz CT molecular complexity index is 2350. The van der Waals surface area contributed by atoms with E-state index in [1.54, 1.807) is 140 Å². The van der Waals surface area contributed by atoms with E-state index >= 15 is 0 Å². The topological polar surface area (TPSA) is 136 Å². The molecule has 5 aromatic carbocycles. The average molecular weight is 760 g/mol. The molecule has 0 aliphatic carbocycles.